The summed E-state index contributed by atoms with van der Waals surface area (Å²) in [5.41, 5.74) is 2.74. The second-order valence-corrected chi connectivity index (χ2v) is 6.44. The zero-order valence-electron chi connectivity index (χ0n) is 13.0. The summed E-state index contributed by atoms with van der Waals surface area (Å²) in [4.78, 5) is 16.5. The van der Waals surface area contributed by atoms with E-state index in [-0.39, 0.29) is 11.4 Å². The number of rotatable bonds is 6. The van der Waals surface area contributed by atoms with E-state index in [0.29, 0.717) is 6.04 Å². The van der Waals surface area contributed by atoms with E-state index >= 15 is 0 Å². The molecule has 0 spiro atoms. The lowest BCUT2D eigenvalue weighted by Gasteiger charge is -2.18. The molecular formula is C16H25N3O. The molecule has 0 heterocycles. The predicted molar refractivity (Wildman–Crippen MR) is 82.6 cm³/mol. The zero-order chi connectivity index (χ0) is 14.9. The van der Waals surface area contributed by atoms with Crippen molar-refractivity contribution in [2.45, 2.75) is 65.0 Å². The molecule has 2 aliphatic carbocycles. The third kappa shape index (κ3) is 3.50. The van der Waals surface area contributed by atoms with E-state index in [0.717, 1.165) is 48.2 Å². The monoisotopic (exact) mass is 275 g/mol. The molecule has 2 N–H and O–H groups in total. The molecule has 1 amide bonds. The third-order valence-electron chi connectivity index (χ3n) is 3.95. The average molecular weight is 275 g/mol. The van der Waals surface area contributed by atoms with E-state index in [1.54, 1.807) is 0 Å². The van der Waals surface area contributed by atoms with E-state index in [4.69, 9.17) is 0 Å². The molecule has 0 aromatic carbocycles. The maximum Gasteiger partial charge on any atom is 0.251 e. The molecule has 0 unspecified atom stereocenters. The number of hydrogen-bond donors (Lipinski definition) is 2. The number of nitrogens with zero attached hydrogens (tertiary/aromatic N) is 1. The minimum absolute atomic E-state index is 0.00824. The van der Waals surface area contributed by atoms with Gasteiger partial charge in [-0.3, -0.25) is 4.79 Å². The van der Waals surface area contributed by atoms with Gasteiger partial charge >= 0.3 is 0 Å². The molecule has 4 nitrogen and oxygen atoms in total. The van der Waals surface area contributed by atoms with Crippen LogP contribution in [0.3, 0.4) is 0 Å². The van der Waals surface area contributed by atoms with Gasteiger partial charge < -0.3 is 10.6 Å². The molecule has 110 valence electrons. The molecule has 2 rings (SSSR count). The topological polar surface area (TPSA) is 53.5 Å². The van der Waals surface area contributed by atoms with Crippen molar-refractivity contribution in [1.82, 2.24) is 10.6 Å². The quantitative estimate of drug-likeness (QED) is 0.445. The van der Waals surface area contributed by atoms with Gasteiger partial charge in [0.15, 0.2) is 0 Å². The number of nitrogens with one attached hydrogen (secondary N) is 2. The van der Waals surface area contributed by atoms with E-state index < -0.39 is 0 Å². The largest absolute Gasteiger partial charge is 0.365 e. The Kier molecular flexibility index (Phi) is 4.02. The third-order valence-corrected chi connectivity index (χ3v) is 3.95. The smallest absolute Gasteiger partial charge is 0.251 e. The molecule has 0 aliphatic heterocycles. The van der Waals surface area contributed by atoms with E-state index in [1.165, 1.54) is 0 Å². The molecule has 2 fully saturated rings. The van der Waals surface area contributed by atoms with Crippen LogP contribution in [0.25, 0.3) is 0 Å². The Morgan fingerprint density at radius 1 is 1.25 bits per heavy atom. The van der Waals surface area contributed by atoms with Gasteiger partial charge in [0.25, 0.3) is 5.91 Å². The van der Waals surface area contributed by atoms with Gasteiger partial charge in [-0.1, -0.05) is 5.57 Å². The fourth-order valence-electron chi connectivity index (χ4n) is 2.23. The van der Waals surface area contributed by atoms with Crippen molar-refractivity contribution in [3.05, 3.63) is 22.5 Å². The first-order chi connectivity index (χ1) is 9.36. The number of amides is 1. The molecule has 2 saturated carbocycles. The first-order valence-corrected chi connectivity index (χ1v) is 7.31. The minimum atomic E-state index is 0.00824. The molecule has 0 radical (unpaired) electrons. The maximum absolute atomic E-state index is 12.4. The summed E-state index contributed by atoms with van der Waals surface area (Å²) >= 11 is 0. The number of aliphatic imine (C=N–C) groups is 1. The summed E-state index contributed by atoms with van der Waals surface area (Å²) < 4.78 is 0. The van der Waals surface area contributed by atoms with Crippen molar-refractivity contribution in [1.29, 1.82) is 0 Å². The van der Waals surface area contributed by atoms with Crippen molar-refractivity contribution in [3.63, 3.8) is 0 Å². The van der Waals surface area contributed by atoms with Crippen LogP contribution < -0.4 is 10.6 Å². The highest BCUT2D eigenvalue weighted by Crippen LogP contribution is 2.36. The van der Waals surface area contributed by atoms with Gasteiger partial charge in [-0.05, 0) is 60.1 Å². The number of carbonyl (C=O) groups excluding carboxylic acids is 1. The molecule has 0 atom stereocenters. The van der Waals surface area contributed by atoms with Crippen molar-refractivity contribution >= 4 is 12.6 Å². The van der Waals surface area contributed by atoms with Crippen LogP contribution in [0.2, 0.25) is 0 Å². The van der Waals surface area contributed by atoms with Crippen LogP contribution in [0.1, 0.15) is 53.4 Å². The van der Waals surface area contributed by atoms with Crippen LogP contribution in [-0.4, -0.2) is 24.2 Å². The van der Waals surface area contributed by atoms with Gasteiger partial charge in [-0.15, -0.1) is 0 Å². The van der Waals surface area contributed by atoms with Crippen molar-refractivity contribution < 1.29 is 4.79 Å². The summed E-state index contributed by atoms with van der Waals surface area (Å²) in [7, 11) is 0. The Balaban J connectivity index is 2.23. The number of carbonyl (C=O) groups is 1. The molecule has 0 aromatic heterocycles. The van der Waals surface area contributed by atoms with Gasteiger partial charge in [0.05, 0.1) is 0 Å². The van der Waals surface area contributed by atoms with Crippen molar-refractivity contribution in [3.8, 4) is 0 Å². The lowest BCUT2D eigenvalue weighted by Crippen LogP contribution is -2.31. The van der Waals surface area contributed by atoms with Gasteiger partial charge in [0.1, 0.15) is 5.82 Å². The highest BCUT2D eigenvalue weighted by atomic mass is 16.1. The first-order valence-electron chi connectivity index (χ1n) is 7.31. The Hall–Kier alpha value is -1.58. The van der Waals surface area contributed by atoms with Crippen LogP contribution in [0.15, 0.2) is 27.5 Å². The SMILES string of the molecule is C=N/C(NC1(C)CC1)=C(\C)C(C(=O)NC1CC1)=C(C)C. The van der Waals surface area contributed by atoms with Crippen LogP contribution in [0.5, 0.6) is 0 Å². The van der Waals surface area contributed by atoms with Crippen LogP contribution in [0.4, 0.5) is 0 Å². The molecule has 0 saturated heterocycles. The lowest BCUT2D eigenvalue weighted by molar-refractivity contribution is -0.117. The lowest BCUT2D eigenvalue weighted by atomic mass is 10.0. The maximum atomic E-state index is 12.4. The fraction of sp³-hybridized carbons (Fsp3) is 0.625. The van der Waals surface area contributed by atoms with Gasteiger partial charge in [0.2, 0.25) is 0 Å². The van der Waals surface area contributed by atoms with Gasteiger partial charge in [0, 0.05) is 22.7 Å². The number of hydrogen-bond acceptors (Lipinski definition) is 3. The summed E-state index contributed by atoms with van der Waals surface area (Å²) in [6.07, 6.45) is 4.45. The second-order valence-electron chi connectivity index (χ2n) is 6.44. The Labute approximate surface area is 121 Å². The van der Waals surface area contributed by atoms with E-state index in [2.05, 4.69) is 29.3 Å². The average Bonchev–Trinajstić information content (AvgIpc) is 3.26. The van der Waals surface area contributed by atoms with Gasteiger partial charge in [-0.2, -0.15) is 0 Å². The number of allylic oxidation sites excluding steroid dienone is 1. The summed E-state index contributed by atoms with van der Waals surface area (Å²) in [5.74, 6) is 0.737. The van der Waals surface area contributed by atoms with E-state index in [1.807, 2.05) is 20.8 Å². The normalized spacial score (nSPS) is 20.6. The Bertz CT molecular complexity index is 490. The predicted octanol–water partition coefficient (Wildman–Crippen LogP) is 2.68. The summed E-state index contributed by atoms with van der Waals surface area (Å²) in [6.45, 7) is 11.7. The highest BCUT2D eigenvalue weighted by molar-refractivity contribution is 5.98. The molecule has 2 aliphatic rings. The summed E-state index contributed by atoms with van der Waals surface area (Å²) in [6, 6.07) is 0.360. The second kappa shape index (κ2) is 5.43. The van der Waals surface area contributed by atoms with Crippen molar-refractivity contribution in [2.75, 3.05) is 0 Å². The Morgan fingerprint density at radius 2 is 1.85 bits per heavy atom. The molecule has 0 bridgehead atoms. The Morgan fingerprint density at radius 3 is 2.25 bits per heavy atom. The van der Waals surface area contributed by atoms with Crippen LogP contribution >= 0.6 is 0 Å². The van der Waals surface area contributed by atoms with Gasteiger partial charge in [-0.25, -0.2) is 4.99 Å². The minimum Gasteiger partial charge on any atom is -0.365 e. The van der Waals surface area contributed by atoms with Crippen molar-refractivity contribution in [2.24, 2.45) is 4.99 Å². The standard InChI is InChI=1S/C16H25N3O/c1-10(2)13(15(20)18-12-6-7-12)11(3)14(17-5)19-16(4)8-9-16/h12,19H,5-9H2,1-4H3,(H,18,20)/b14-11-. The van der Waals surface area contributed by atoms with Crippen LogP contribution in [0, 0.1) is 0 Å². The first kappa shape index (κ1) is 14.8. The molecular weight excluding hydrogens is 250 g/mol. The fourth-order valence-corrected chi connectivity index (χ4v) is 2.23. The molecule has 4 heteroatoms. The summed E-state index contributed by atoms with van der Waals surface area (Å²) in [5, 5.41) is 6.47. The van der Waals surface area contributed by atoms with E-state index in [9.17, 15) is 4.79 Å². The molecule has 0 aromatic rings. The van der Waals surface area contributed by atoms with Crippen LogP contribution in [-0.2, 0) is 4.79 Å². The highest BCUT2D eigenvalue weighted by Gasteiger charge is 2.38. The zero-order valence-corrected chi connectivity index (χ0v) is 13.0. The molecule has 20 heavy (non-hydrogen) atoms.